The number of fused-ring (bicyclic) bond motifs is 1. The Hall–Kier alpha value is -0.0800. The van der Waals surface area contributed by atoms with Crippen LogP contribution in [0.15, 0.2) is 0 Å². The number of aliphatic hydroxyl groups excluding tert-OH is 2. The highest BCUT2D eigenvalue weighted by atomic mass is 16.3. The molecule has 0 saturated heterocycles. The molecule has 2 saturated carbocycles. The van der Waals surface area contributed by atoms with Gasteiger partial charge in [-0.3, -0.25) is 0 Å². The molecule has 88 valence electrons. The largest absolute Gasteiger partial charge is 0.396 e. The van der Waals surface area contributed by atoms with Gasteiger partial charge in [0.25, 0.3) is 0 Å². The van der Waals surface area contributed by atoms with Crippen LogP contribution in [0.5, 0.6) is 0 Å². The second-order valence-corrected chi connectivity index (χ2v) is 5.92. The molecule has 0 aliphatic heterocycles. The first-order valence-electron chi connectivity index (χ1n) is 6.38. The van der Waals surface area contributed by atoms with Crippen LogP contribution in [0.3, 0.4) is 0 Å². The molecule has 1 unspecified atom stereocenters. The lowest BCUT2D eigenvalue weighted by atomic mass is 9.62. The third kappa shape index (κ3) is 1.72. The minimum absolute atomic E-state index is 0.0837. The summed E-state index contributed by atoms with van der Waals surface area (Å²) in [6, 6.07) is 0. The van der Waals surface area contributed by atoms with E-state index in [4.69, 9.17) is 0 Å². The normalized spacial score (nSPS) is 47.6. The topological polar surface area (TPSA) is 40.5 Å². The molecular weight excluding hydrogens is 188 g/mol. The molecule has 2 nitrogen and oxygen atoms in total. The first-order chi connectivity index (χ1) is 7.09. The summed E-state index contributed by atoms with van der Waals surface area (Å²) in [5.74, 6) is 1.50. The fraction of sp³-hybridized carbons (Fsp3) is 1.00. The Morgan fingerprint density at radius 1 is 1.33 bits per heavy atom. The van der Waals surface area contributed by atoms with Gasteiger partial charge in [-0.2, -0.15) is 0 Å². The van der Waals surface area contributed by atoms with Crippen LogP contribution in [0, 0.1) is 23.2 Å². The van der Waals surface area contributed by atoms with E-state index in [0.717, 1.165) is 19.3 Å². The molecule has 0 amide bonds. The first kappa shape index (κ1) is 11.4. The van der Waals surface area contributed by atoms with E-state index < -0.39 is 0 Å². The highest BCUT2D eigenvalue weighted by Gasteiger charge is 2.51. The van der Waals surface area contributed by atoms with Crippen LogP contribution in [0.4, 0.5) is 0 Å². The van der Waals surface area contributed by atoms with Crippen LogP contribution in [0.2, 0.25) is 0 Å². The number of hydrogen-bond donors (Lipinski definition) is 2. The molecule has 2 aliphatic carbocycles. The highest BCUT2D eigenvalue weighted by Crippen LogP contribution is 2.57. The molecule has 2 heteroatoms. The van der Waals surface area contributed by atoms with Crippen molar-refractivity contribution in [2.45, 2.75) is 52.1 Å². The molecule has 5 atom stereocenters. The van der Waals surface area contributed by atoms with Crippen molar-refractivity contribution in [3.8, 4) is 0 Å². The van der Waals surface area contributed by atoms with Gasteiger partial charge in [0, 0.05) is 6.61 Å². The van der Waals surface area contributed by atoms with Gasteiger partial charge in [0.1, 0.15) is 0 Å². The summed E-state index contributed by atoms with van der Waals surface area (Å²) in [5, 5.41) is 19.4. The monoisotopic (exact) mass is 212 g/mol. The summed E-state index contributed by atoms with van der Waals surface area (Å²) < 4.78 is 0. The van der Waals surface area contributed by atoms with Gasteiger partial charge in [0.05, 0.1) is 6.10 Å². The van der Waals surface area contributed by atoms with Crippen LogP contribution in [0.25, 0.3) is 0 Å². The van der Waals surface area contributed by atoms with Crippen molar-refractivity contribution in [3.05, 3.63) is 0 Å². The van der Waals surface area contributed by atoms with E-state index in [0.29, 0.717) is 29.8 Å². The average molecular weight is 212 g/mol. The van der Waals surface area contributed by atoms with E-state index in [-0.39, 0.29) is 6.10 Å². The lowest BCUT2D eigenvalue weighted by Gasteiger charge is -2.45. The zero-order valence-electron chi connectivity index (χ0n) is 9.95. The van der Waals surface area contributed by atoms with Gasteiger partial charge < -0.3 is 10.2 Å². The maximum Gasteiger partial charge on any atom is 0.0573 e. The highest BCUT2D eigenvalue weighted by molar-refractivity contribution is 5.01. The van der Waals surface area contributed by atoms with E-state index in [9.17, 15) is 10.2 Å². The summed E-state index contributed by atoms with van der Waals surface area (Å²) in [6.07, 6.45) is 5.65. The number of aliphatic hydroxyl groups is 2. The van der Waals surface area contributed by atoms with Crippen LogP contribution >= 0.6 is 0 Å². The van der Waals surface area contributed by atoms with E-state index in [1.165, 1.54) is 12.8 Å². The summed E-state index contributed by atoms with van der Waals surface area (Å²) >= 11 is 0. The fourth-order valence-electron chi connectivity index (χ4n) is 4.25. The van der Waals surface area contributed by atoms with Gasteiger partial charge in [-0.15, -0.1) is 0 Å². The summed E-state index contributed by atoms with van der Waals surface area (Å²) in [7, 11) is 0. The molecule has 0 aromatic rings. The minimum Gasteiger partial charge on any atom is -0.396 e. The molecular formula is C13H24O2. The molecule has 2 aliphatic rings. The lowest BCUT2D eigenvalue weighted by Crippen LogP contribution is -2.41. The molecule has 15 heavy (non-hydrogen) atoms. The van der Waals surface area contributed by atoms with Crippen molar-refractivity contribution in [2.24, 2.45) is 23.2 Å². The van der Waals surface area contributed by atoms with Crippen molar-refractivity contribution < 1.29 is 10.2 Å². The second-order valence-electron chi connectivity index (χ2n) is 5.92. The van der Waals surface area contributed by atoms with E-state index in [1.807, 2.05) is 0 Å². The Labute approximate surface area is 92.7 Å². The Balaban J connectivity index is 2.17. The zero-order valence-corrected chi connectivity index (χ0v) is 9.95. The molecule has 2 N–H and O–H groups in total. The maximum absolute atomic E-state index is 10.1. The standard InChI is InChI=1S/C13H24O2/c1-9(8-14)10-5-6-11-12(15)4-3-7-13(10,11)2/h9-12,14-15H,3-8H2,1-2H3/t9-,10-,11?,12+,13-/m1/s1. The smallest absolute Gasteiger partial charge is 0.0573 e. The van der Waals surface area contributed by atoms with Gasteiger partial charge in [0.15, 0.2) is 0 Å². The second kappa shape index (κ2) is 4.06. The summed E-state index contributed by atoms with van der Waals surface area (Å²) in [6.45, 7) is 4.78. The lowest BCUT2D eigenvalue weighted by molar-refractivity contribution is -0.0321. The molecule has 2 rings (SSSR count). The van der Waals surface area contributed by atoms with E-state index in [1.54, 1.807) is 0 Å². The predicted molar refractivity (Wildman–Crippen MR) is 60.4 cm³/mol. The zero-order chi connectivity index (χ0) is 11.1. The average Bonchev–Trinajstić information content (AvgIpc) is 2.56. The molecule has 0 heterocycles. The Morgan fingerprint density at radius 3 is 2.73 bits per heavy atom. The molecule has 2 fully saturated rings. The van der Waals surface area contributed by atoms with Crippen LogP contribution in [-0.2, 0) is 0 Å². The van der Waals surface area contributed by atoms with Crippen molar-refractivity contribution in [3.63, 3.8) is 0 Å². The molecule has 0 aromatic heterocycles. The third-order valence-corrected chi connectivity index (χ3v) is 5.14. The quantitative estimate of drug-likeness (QED) is 0.736. The van der Waals surface area contributed by atoms with Crippen molar-refractivity contribution >= 4 is 0 Å². The Kier molecular flexibility index (Phi) is 3.09. The van der Waals surface area contributed by atoms with Gasteiger partial charge >= 0.3 is 0 Å². The van der Waals surface area contributed by atoms with Gasteiger partial charge in [-0.1, -0.05) is 20.3 Å². The van der Waals surface area contributed by atoms with Crippen molar-refractivity contribution in [1.29, 1.82) is 0 Å². The molecule has 0 bridgehead atoms. The Bertz CT molecular complexity index is 229. The third-order valence-electron chi connectivity index (χ3n) is 5.14. The summed E-state index contributed by atoms with van der Waals surface area (Å²) in [5.41, 5.74) is 0.291. The van der Waals surface area contributed by atoms with Crippen molar-refractivity contribution in [2.75, 3.05) is 6.61 Å². The SMILES string of the molecule is C[C@H](CO)[C@H]1CCC2[C@@H](O)CCC[C@@]21C. The van der Waals surface area contributed by atoms with E-state index >= 15 is 0 Å². The summed E-state index contributed by atoms with van der Waals surface area (Å²) in [4.78, 5) is 0. The Morgan fingerprint density at radius 2 is 2.07 bits per heavy atom. The molecule has 0 aromatic carbocycles. The van der Waals surface area contributed by atoms with Gasteiger partial charge in [-0.05, 0) is 48.9 Å². The predicted octanol–water partition coefficient (Wildman–Crippen LogP) is 2.19. The first-order valence-corrected chi connectivity index (χ1v) is 6.38. The van der Waals surface area contributed by atoms with Crippen LogP contribution in [-0.4, -0.2) is 22.9 Å². The van der Waals surface area contributed by atoms with E-state index in [2.05, 4.69) is 13.8 Å². The van der Waals surface area contributed by atoms with Crippen molar-refractivity contribution in [1.82, 2.24) is 0 Å². The number of hydrogen-bond acceptors (Lipinski definition) is 2. The van der Waals surface area contributed by atoms with Crippen LogP contribution in [0.1, 0.15) is 46.0 Å². The number of rotatable bonds is 2. The van der Waals surface area contributed by atoms with Crippen LogP contribution < -0.4 is 0 Å². The maximum atomic E-state index is 10.1. The fourth-order valence-corrected chi connectivity index (χ4v) is 4.25. The molecule has 0 radical (unpaired) electrons. The minimum atomic E-state index is -0.0837. The van der Waals surface area contributed by atoms with Gasteiger partial charge in [0.2, 0.25) is 0 Å². The van der Waals surface area contributed by atoms with Gasteiger partial charge in [-0.25, -0.2) is 0 Å². The molecule has 0 spiro atoms.